The molecule has 0 saturated carbocycles. The third-order valence-electron chi connectivity index (χ3n) is 3.50. The summed E-state index contributed by atoms with van der Waals surface area (Å²) in [5.74, 6) is 0.223. The van der Waals surface area contributed by atoms with Crippen LogP contribution in [0.4, 0.5) is 0 Å². The molecule has 4 nitrogen and oxygen atoms in total. The van der Waals surface area contributed by atoms with E-state index in [2.05, 4.69) is 22.5 Å². The number of nitrogens with zero attached hydrogens (tertiary/aromatic N) is 1. The van der Waals surface area contributed by atoms with E-state index in [0.29, 0.717) is 18.5 Å². The molecule has 2 heterocycles. The molecule has 2 atom stereocenters. The van der Waals surface area contributed by atoms with E-state index in [1.807, 2.05) is 0 Å². The fraction of sp³-hybridized carbons (Fsp3) is 0.909. The van der Waals surface area contributed by atoms with Crippen molar-refractivity contribution < 1.29 is 4.79 Å². The van der Waals surface area contributed by atoms with Crippen LogP contribution in [-0.2, 0) is 4.79 Å². The van der Waals surface area contributed by atoms with Gasteiger partial charge in [-0.1, -0.05) is 6.92 Å². The van der Waals surface area contributed by atoms with E-state index in [9.17, 15) is 4.79 Å². The molecule has 2 fully saturated rings. The van der Waals surface area contributed by atoms with Crippen LogP contribution in [0.1, 0.15) is 26.2 Å². The third kappa shape index (κ3) is 2.69. The summed E-state index contributed by atoms with van der Waals surface area (Å²) in [7, 11) is 0. The van der Waals surface area contributed by atoms with Gasteiger partial charge in [0.15, 0.2) is 0 Å². The Labute approximate surface area is 91.4 Å². The van der Waals surface area contributed by atoms with Gasteiger partial charge in [0.05, 0.1) is 0 Å². The van der Waals surface area contributed by atoms with Crippen LogP contribution in [0.3, 0.4) is 0 Å². The highest BCUT2D eigenvalue weighted by atomic mass is 16.1. The van der Waals surface area contributed by atoms with Crippen LogP contribution in [0, 0.1) is 0 Å². The lowest BCUT2D eigenvalue weighted by atomic mass is 10.1. The molecule has 15 heavy (non-hydrogen) atoms. The van der Waals surface area contributed by atoms with Crippen molar-refractivity contribution in [3.8, 4) is 0 Å². The summed E-state index contributed by atoms with van der Waals surface area (Å²) in [6.45, 7) is 6.55. The van der Waals surface area contributed by atoms with Gasteiger partial charge in [0.1, 0.15) is 0 Å². The molecule has 0 aromatic rings. The molecule has 1 amide bonds. The van der Waals surface area contributed by atoms with Gasteiger partial charge in [0.25, 0.3) is 0 Å². The van der Waals surface area contributed by atoms with Crippen molar-refractivity contribution >= 4 is 5.91 Å². The molecule has 0 radical (unpaired) electrons. The summed E-state index contributed by atoms with van der Waals surface area (Å²) in [6.07, 6.45) is 2.97. The Hall–Kier alpha value is -0.610. The maximum absolute atomic E-state index is 11.1. The van der Waals surface area contributed by atoms with E-state index in [1.165, 1.54) is 6.42 Å². The minimum absolute atomic E-state index is 0.223. The fourth-order valence-corrected chi connectivity index (χ4v) is 2.58. The minimum Gasteiger partial charge on any atom is -0.352 e. The molecule has 2 rings (SSSR count). The molecule has 0 aliphatic carbocycles. The van der Waals surface area contributed by atoms with Gasteiger partial charge in [-0.25, -0.2) is 0 Å². The average molecular weight is 211 g/mol. The van der Waals surface area contributed by atoms with Gasteiger partial charge in [0.2, 0.25) is 5.91 Å². The van der Waals surface area contributed by atoms with Crippen molar-refractivity contribution in [2.24, 2.45) is 0 Å². The maximum Gasteiger partial charge on any atom is 0.220 e. The highest BCUT2D eigenvalue weighted by Gasteiger charge is 2.27. The Bertz CT molecular complexity index is 226. The zero-order valence-electron chi connectivity index (χ0n) is 9.46. The number of amides is 1. The topological polar surface area (TPSA) is 44.4 Å². The summed E-state index contributed by atoms with van der Waals surface area (Å²) in [4.78, 5) is 13.6. The highest BCUT2D eigenvalue weighted by molar-refractivity contribution is 5.78. The third-order valence-corrected chi connectivity index (χ3v) is 3.50. The Kier molecular flexibility index (Phi) is 3.59. The van der Waals surface area contributed by atoms with Crippen LogP contribution < -0.4 is 10.6 Å². The Balaban J connectivity index is 1.82. The second kappa shape index (κ2) is 4.94. The van der Waals surface area contributed by atoms with Crippen LogP contribution in [0.25, 0.3) is 0 Å². The van der Waals surface area contributed by atoms with Crippen molar-refractivity contribution in [1.82, 2.24) is 15.5 Å². The molecule has 4 heteroatoms. The van der Waals surface area contributed by atoms with Crippen LogP contribution >= 0.6 is 0 Å². The Morgan fingerprint density at radius 2 is 2.33 bits per heavy atom. The van der Waals surface area contributed by atoms with E-state index in [4.69, 9.17) is 0 Å². The predicted octanol–water partition coefficient (Wildman–Crippen LogP) is -0.0512. The molecular formula is C11H21N3O. The lowest BCUT2D eigenvalue weighted by Crippen LogP contribution is -2.44. The summed E-state index contributed by atoms with van der Waals surface area (Å²) in [5, 5.41) is 6.43. The lowest BCUT2D eigenvalue weighted by Gasteiger charge is -2.29. The number of nitrogens with one attached hydrogen (secondary N) is 2. The molecule has 0 aromatic carbocycles. The first-order valence-corrected chi connectivity index (χ1v) is 6.03. The molecule has 2 aliphatic rings. The molecule has 86 valence electrons. The summed E-state index contributed by atoms with van der Waals surface area (Å²) in [5.41, 5.74) is 0. The molecule has 0 bridgehead atoms. The van der Waals surface area contributed by atoms with Gasteiger partial charge >= 0.3 is 0 Å². The highest BCUT2D eigenvalue weighted by Crippen LogP contribution is 2.13. The molecule has 0 aromatic heterocycles. The van der Waals surface area contributed by atoms with Gasteiger partial charge in [-0.3, -0.25) is 9.69 Å². The Morgan fingerprint density at radius 3 is 2.87 bits per heavy atom. The van der Waals surface area contributed by atoms with E-state index in [1.54, 1.807) is 0 Å². The van der Waals surface area contributed by atoms with Crippen LogP contribution in [-0.4, -0.2) is 49.1 Å². The number of carbonyl (C=O) groups excluding carboxylic acids is 1. The molecular weight excluding hydrogens is 190 g/mol. The van der Waals surface area contributed by atoms with Crippen molar-refractivity contribution in [3.63, 3.8) is 0 Å². The number of carbonyl (C=O) groups is 1. The summed E-state index contributed by atoms with van der Waals surface area (Å²) >= 11 is 0. The largest absolute Gasteiger partial charge is 0.352 e. The molecule has 2 aliphatic heterocycles. The zero-order valence-corrected chi connectivity index (χ0v) is 9.46. The van der Waals surface area contributed by atoms with Crippen LogP contribution in [0.2, 0.25) is 0 Å². The minimum atomic E-state index is 0.223. The SMILES string of the molecule is CCN(CC1CCC(=O)N1)C1CCNC1. The second-order valence-electron chi connectivity index (χ2n) is 4.54. The van der Waals surface area contributed by atoms with Crippen LogP contribution in [0.5, 0.6) is 0 Å². The van der Waals surface area contributed by atoms with Gasteiger partial charge in [-0.05, 0) is 25.9 Å². The number of rotatable bonds is 4. The van der Waals surface area contributed by atoms with Crippen molar-refractivity contribution in [3.05, 3.63) is 0 Å². The first-order chi connectivity index (χ1) is 7.29. The monoisotopic (exact) mass is 211 g/mol. The number of likely N-dealkylation sites (N-methyl/N-ethyl adjacent to an activating group) is 1. The van der Waals surface area contributed by atoms with Gasteiger partial charge in [-0.2, -0.15) is 0 Å². The van der Waals surface area contributed by atoms with Gasteiger partial charge in [-0.15, -0.1) is 0 Å². The standard InChI is InChI=1S/C11H21N3O/c1-2-14(10-5-6-12-7-10)8-9-3-4-11(15)13-9/h9-10,12H,2-8H2,1H3,(H,13,15). The maximum atomic E-state index is 11.1. The van der Waals surface area contributed by atoms with Crippen molar-refractivity contribution in [1.29, 1.82) is 0 Å². The van der Waals surface area contributed by atoms with E-state index >= 15 is 0 Å². The van der Waals surface area contributed by atoms with Crippen LogP contribution in [0.15, 0.2) is 0 Å². The van der Waals surface area contributed by atoms with Crippen molar-refractivity contribution in [2.45, 2.75) is 38.3 Å². The van der Waals surface area contributed by atoms with E-state index in [0.717, 1.165) is 32.6 Å². The van der Waals surface area contributed by atoms with Crippen molar-refractivity contribution in [2.75, 3.05) is 26.2 Å². The molecule has 2 saturated heterocycles. The first kappa shape index (κ1) is 10.9. The Morgan fingerprint density at radius 1 is 1.47 bits per heavy atom. The first-order valence-electron chi connectivity index (χ1n) is 6.03. The van der Waals surface area contributed by atoms with E-state index < -0.39 is 0 Å². The molecule has 2 N–H and O–H groups in total. The zero-order chi connectivity index (χ0) is 10.7. The normalized spacial score (nSPS) is 31.2. The lowest BCUT2D eigenvalue weighted by molar-refractivity contribution is -0.119. The molecule has 2 unspecified atom stereocenters. The van der Waals surface area contributed by atoms with Gasteiger partial charge in [0, 0.05) is 31.6 Å². The fourth-order valence-electron chi connectivity index (χ4n) is 2.58. The second-order valence-corrected chi connectivity index (χ2v) is 4.54. The summed E-state index contributed by atoms with van der Waals surface area (Å²) < 4.78 is 0. The smallest absolute Gasteiger partial charge is 0.220 e. The average Bonchev–Trinajstić information content (AvgIpc) is 2.85. The predicted molar refractivity (Wildman–Crippen MR) is 59.7 cm³/mol. The summed E-state index contributed by atoms with van der Waals surface area (Å²) in [6, 6.07) is 1.06. The van der Waals surface area contributed by atoms with E-state index in [-0.39, 0.29) is 5.91 Å². The quantitative estimate of drug-likeness (QED) is 0.685. The van der Waals surface area contributed by atoms with Gasteiger partial charge < -0.3 is 10.6 Å². The number of hydrogen-bond donors (Lipinski definition) is 2. The molecule has 0 spiro atoms. The number of hydrogen-bond acceptors (Lipinski definition) is 3.